The van der Waals surface area contributed by atoms with Crippen LogP contribution in [-0.2, 0) is 11.0 Å². The minimum Gasteiger partial charge on any atom is -0.465 e. The average Bonchev–Trinajstić information content (AvgIpc) is 3.07. The lowest BCUT2D eigenvalue weighted by molar-refractivity contribution is -0.137. The summed E-state index contributed by atoms with van der Waals surface area (Å²) >= 11 is 5.53. The van der Waals surface area contributed by atoms with Gasteiger partial charge < -0.3 is 10.0 Å². The van der Waals surface area contributed by atoms with Crippen LogP contribution in [0.4, 0.5) is 43.0 Å². The molecule has 2 aromatic rings. The van der Waals surface area contributed by atoms with E-state index in [0.29, 0.717) is 21.9 Å². The Bertz CT molecular complexity index is 1160. The summed E-state index contributed by atoms with van der Waals surface area (Å²) in [6, 6.07) is -0.153. The number of pyridine rings is 1. The summed E-state index contributed by atoms with van der Waals surface area (Å²) in [5.41, 5.74) is -1.83. The Labute approximate surface area is 187 Å². The molecule has 1 fully saturated rings. The zero-order valence-corrected chi connectivity index (χ0v) is 17.6. The highest BCUT2D eigenvalue weighted by Crippen LogP contribution is 2.34. The molecule has 0 spiro atoms. The molecule has 0 unspecified atom stereocenters. The van der Waals surface area contributed by atoms with Gasteiger partial charge in [-0.3, -0.25) is 9.69 Å². The van der Waals surface area contributed by atoms with E-state index in [2.05, 4.69) is 4.98 Å². The second-order valence-corrected chi connectivity index (χ2v) is 7.38. The number of amides is 4. The van der Waals surface area contributed by atoms with Gasteiger partial charge in [-0.1, -0.05) is 11.6 Å². The third kappa shape index (κ3) is 4.40. The molecule has 14 heteroatoms. The summed E-state index contributed by atoms with van der Waals surface area (Å²) in [5.74, 6) is -4.10. The molecular weight excluding hydrogens is 479 g/mol. The van der Waals surface area contributed by atoms with Gasteiger partial charge in [-0.2, -0.15) is 13.2 Å². The number of anilines is 2. The summed E-state index contributed by atoms with van der Waals surface area (Å²) in [7, 11) is 1.05. The lowest BCUT2D eigenvalue weighted by Gasteiger charge is -2.27. The number of aryl methyl sites for hydroxylation is 1. The molecule has 1 N–H and O–H groups in total. The molecule has 0 radical (unpaired) electrons. The van der Waals surface area contributed by atoms with Crippen molar-refractivity contribution >= 4 is 41.1 Å². The van der Waals surface area contributed by atoms with Gasteiger partial charge in [0.15, 0.2) is 5.82 Å². The maximum atomic E-state index is 14.4. The Morgan fingerprint density at radius 1 is 1.24 bits per heavy atom. The number of carboxylic acid groups (broad SMARTS) is 1. The number of hydrogen-bond acceptors (Lipinski definition) is 4. The summed E-state index contributed by atoms with van der Waals surface area (Å²) < 4.78 is 67.7. The molecule has 1 aromatic carbocycles. The van der Waals surface area contributed by atoms with Crippen LogP contribution in [-0.4, -0.2) is 52.7 Å². The first-order valence-corrected chi connectivity index (χ1v) is 9.42. The Hall–Kier alpha value is -3.48. The van der Waals surface area contributed by atoms with E-state index in [4.69, 9.17) is 11.6 Å². The molecule has 2 heterocycles. The molecule has 1 aliphatic rings. The van der Waals surface area contributed by atoms with Crippen molar-refractivity contribution in [3.8, 4) is 0 Å². The molecule has 1 aliphatic heterocycles. The van der Waals surface area contributed by atoms with Crippen LogP contribution in [0.5, 0.6) is 0 Å². The Morgan fingerprint density at radius 3 is 2.45 bits per heavy atom. The van der Waals surface area contributed by atoms with Crippen molar-refractivity contribution in [2.45, 2.75) is 19.1 Å². The second-order valence-electron chi connectivity index (χ2n) is 7.01. The fraction of sp³-hybridized carbons (Fsp3) is 0.263. The average molecular weight is 493 g/mol. The van der Waals surface area contributed by atoms with Crippen molar-refractivity contribution in [3.05, 3.63) is 52.2 Å². The minimum atomic E-state index is -4.82. The number of benzene rings is 1. The first-order valence-electron chi connectivity index (χ1n) is 9.04. The first kappa shape index (κ1) is 24.2. The van der Waals surface area contributed by atoms with E-state index >= 15 is 0 Å². The summed E-state index contributed by atoms with van der Waals surface area (Å²) in [6.45, 7) is 0.442. The van der Waals surface area contributed by atoms with Crippen molar-refractivity contribution < 1.29 is 41.4 Å². The number of aromatic nitrogens is 1. The van der Waals surface area contributed by atoms with E-state index in [1.165, 1.54) is 6.92 Å². The number of carbonyl (C=O) groups excluding carboxylic acids is 2. The summed E-state index contributed by atoms with van der Waals surface area (Å²) in [4.78, 5) is 42.5. The van der Waals surface area contributed by atoms with E-state index in [1.54, 1.807) is 0 Å². The van der Waals surface area contributed by atoms with Crippen molar-refractivity contribution in [3.63, 3.8) is 0 Å². The number of urea groups is 1. The molecule has 1 saturated heterocycles. The van der Waals surface area contributed by atoms with Gasteiger partial charge in [0.25, 0.3) is 5.91 Å². The molecule has 176 valence electrons. The summed E-state index contributed by atoms with van der Waals surface area (Å²) in [5, 5.41) is 8.38. The van der Waals surface area contributed by atoms with Gasteiger partial charge in [0.05, 0.1) is 17.8 Å². The summed E-state index contributed by atoms with van der Waals surface area (Å²) in [6.07, 6.45) is -6.58. The maximum absolute atomic E-state index is 14.4. The number of alkyl halides is 3. The molecule has 8 nitrogen and oxygen atoms in total. The lowest BCUT2D eigenvalue weighted by Crippen LogP contribution is -2.47. The number of hydrogen-bond donors (Lipinski definition) is 1. The fourth-order valence-electron chi connectivity index (χ4n) is 3.26. The largest absolute Gasteiger partial charge is 0.465 e. The molecule has 4 amide bonds. The predicted octanol–water partition coefficient (Wildman–Crippen LogP) is 4.29. The lowest BCUT2D eigenvalue weighted by atomic mass is 10.1. The van der Waals surface area contributed by atoms with Crippen LogP contribution >= 0.6 is 11.6 Å². The number of rotatable bonds is 3. The van der Waals surface area contributed by atoms with Crippen LogP contribution < -0.4 is 9.80 Å². The van der Waals surface area contributed by atoms with Crippen LogP contribution in [0.2, 0.25) is 5.02 Å². The molecule has 33 heavy (non-hydrogen) atoms. The van der Waals surface area contributed by atoms with Crippen LogP contribution in [0.1, 0.15) is 11.3 Å². The van der Waals surface area contributed by atoms with E-state index in [1.807, 2.05) is 0 Å². The molecular formula is C19H14ClF5N4O4. The smallest absolute Gasteiger partial charge is 0.416 e. The highest BCUT2D eigenvalue weighted by atomic mass is 35.5. The zero-order valence-electron chi connectivity index (χ0n) is 16.8. The third-order valence-electron chi connectivity index (χ3n) is 4.84. The molecule has 0 saturated carbocycles. The SMILES string of the molecule is Cc1cc(C(F)(F)F)cc(N2C(=O)N(C(=O)O)C[C@H]2C(=O)N(C)c2ccc(F)c(Cl)c2F)n1. The van der Waals surface area contributed by atoms with Gasteiger partial charge in [0.1, 0.15) is 22.7 Å². The van der Waals surface area contributed by atoms with Gasteiger partial charge in [-0.05, 0) is 31.2 Å². The van der Waals surface area contributed by atoms with Crippen molar-refractivity contribution in [2.24, 2.45) is 0 Å². The number of likely N-dealkylation sites (N-methyl/N-ethyl adjacent to an activating group) is 1. The van der Waals surface area contributed by atoms with E-state index in [0.717, 1.165) is 19.2 Å². The van der Waals surface area contributed by atoms with Crippen molar-refractivity contribution in [1.82, 2.24) is 9.88 Å². The van der Waals surface area contributed by atoms with Gasteiger partial charge in [-0.25, -0.2) is 28.3 Å². The van der Waals surface area contributed by atoms with E-state index in [9.17, 15) is 41.4 Å². The van der Waals surface area contributed by atoms with E-state index in [-0.39, 0.29) is 10.6 Å². The molecule has 1 atom stereocenters. The maximum Gasteiger partial charge on any atom is 0.416 e. The van der Waals surface area contributed by atoms with Crippen molar-refractivity contribution in [2.75, 3.05) is 23.4 Å². The number of imide groups is 1. The van der Waals surface area contributed by atoms with Crippen LogP contribution in [0.3, 0.4) is 0 Å². The predicted molar refractivity (Wildman–Crippen MR) is 105 cm³/mol. The quantitative estimate of drug-likeness (QED) is 0.509. The Morgan fingerprint density at radius 2 is 1.88 bits per heavy atom. The van der Waals surface area contributed by atoms with Gasteiger partial charge in [-0.15, -0.1) is 0 Å². The highest BCUT2D eigenvalue weighted by molar-refractivity contribution is 6.31. The highest BCUT2D eigenvalue weighted by Gasteiger charge is 2.48. The molecule has 0 aliphatic carbocycles. The zero-order chi connectivity index (χ0) is 24.8. The second kappa shape index (κ2) is 8.46. The topological polar surface area (TPSA) is 94.1 Å². The standard InChI is InChI=1S/C19H14ClF5N4O4/c1-8-5-9(19(23,24)25)6-13(26-8)29-12(7-28(17(29)31)18(32)33)16(30)27(2)11-4-3-10(21)14(20)15(11)22/h3-6,12H,7H2,1-2H3,(H,32,33)/t12-/m0/s1. The number of nitrogens with zero attached hydrogens (tertiary/aromatic N) is 4. The monoisotopic (exact) mass is 492 g/mol. The normalized spacial score (nSPS) is 16.4. The van der Waals surface area contributed by atoms with Gasteiger partial charge >= 0.3 is 18.3 Å². The Kier molecular flexibility index (Phi) is 6.20. The first-order chi connectivity index (χ1) is 15.2. The molecule has 1 aromatic heterocycles. The van der Waals surface area contributed by atoms with Gasteiger partial charge in [0.2, 0.25) is 0 Å². The molecule has 3 rings (SSSR count). The fourth-order valence-corrected chi connectivity index (χ4v) is 3.42. The van der Waals surface area contributed by atoms with Crippen molar-refractivity contribution in [1.29, 1.82) is 0 Å². The molecule has 0 bridgehead atoms. The Balaban J connectivity index is 2.08. The number of halogens is 6. The number of carbonyl (C=O) groups is 3. The van der Waals surface area contributed by atoms with E-state index < -0.39 is 70.5 Å². The van der Waals surface area contributed by atoms with Crippen LogP contribution in [0, 0.1) is 18.6 Å². The third-order valence-corrected chi connectivity index (χ3v) is 5.19. The van der Waals surface area contributed by atoms with Gasteiger partial charge in [0, 0.05) is 12.7 Å². The van der Waals surface area contributed by atoms with Crippen LogP contribution in [0.15, 0.2) is 24.3 Å². The minimum absolute atomic E-state index is 0.155. The van der Waals surface area contributed by atoms with Crippen LogP contribution in [0.25, 0.3) is 0 Å².